The average molecular weight is 463 g/mol. The van der Waals surface area contributed by atoms with Gasteiger partial charge in [-0.15, -0.1) is 0 Å². The number of benzene rings is 2. The van der Waals surface area contributed by atoms with Crippen LogP contribution in [0.5, 0.6) is 0 Å². The highest BCUT2D eigenvalue weighted by molar-refractivity contribution is 7.86. The lowest BCUT2D eigenvalue weighted by Crippen LogP contribution is -2.34. The van der Waals surface area contributed by atoms with Crippen molar-refractivity contribution in [1.82, 2.24) is 19.6 Å². The zero-order valence-corrected chi connectivity index (χ0v) is 19.2. The summed E-state index contributed by atoms with van der Waals surface area (Å²) in [7, 11) is -4.21. The molecule has 2 aromatic heterocycles. The first-order valence-corrected chi connectivity index (χ1v) is 12.9. The molecular formula is C25H26N4O3S. The summed E-state index contributed by atoms with van der Waals surface area (Å²) in [6, 6.07) is 15.6. The Labute approximate surface area is 192 Å². The van der Waals surface area contributed by atoms with Crippen molar-refractivity contribution in [2.75, 3.05) is 0 Å². The van der Waals surface area contributed by atoms with Crippen LogP contribution in [-0.4, -0.2) is 32.5 Å². The molecule has 0 bridgehead atoms. The van der Waals surface area contributed by atoms with Gasteiger partial charge in [-0.05, 0) is 50.2 Å². The van der Waals surface area contributed by atoms with E-state index < -0.39 is 15.4 Å². The lowest BCUT2D eigenvalue weighted by molar-refractivity contribution is 0.172. The van der Waals surface area contributed by atoms with Gasteiger partial charge in [0.05, 0.1) is 29.6 Å². The standard InChI is InChI=1S/C25H26N4O3S/c1-16-6-8-18(9-7-16)25(33(30,31)32)20-12-21(13-20)28-15-23(24(27-28)17-10-11-17)29-22-5-3-2-4-19(22)14-26-29/h2-9,14-15,17,20-21,25H,10-13H2,1H3,(H,30,31,32). The largest absolute Gasteiger partial charge is 0.285 e. The van der Waals surface area contributed by atoms with Crippen LogP contribution >= 0.6 is 0 Å². The molecule has 0 saturated heterocycles. The SMILES string of the molecule is Cc1ccc(C(C2CC(n3cc(-n4ncc5ccccc54)c(C4CC4)n3)C2)S(=O)(=O)O)cc1. The molecule has 0 radical (unpaired) electrons. The van der Waals surface area contributed by atoms with E-state index in [1.807, 2.05) is 46.7 Å². The Bertz CT molecular complexity index is 1430. The number of fused-ring (bicyclic) bond motifs is 1. The van der Waals surface area contributed by atoms with Gasteiger partial charge in [-0.25, -0.2) is 4.68 Å². The summed E-state index contributed by atoms with van der Waals surface area (Å²) < 4.78 is 38.4. The Kier molecular flexibility index (Phi) is 4.71. The third-order valence-corrected chi connectivity index (χ3v) is 8.39. The van der Waals surface area contributed by atoms with Crippen molar-refractivity contribution in [2.45, 2.75) is 49.8 Å². The van der Waals surface area contributed by atoms with Crippen molar-refractivity contribution >= 4 is 21.0 Å². The maximum atomic E-state index is 12.3. The molecule has 0 aliphatic heterocycles. The van der Waals surface area contributed by atoms with Crippen LogP contribution in [-0.2, 0) is 10.1 Å². The Hall–Kier alpha value is -2.97. The Balaban J connectivity index is 1.29. The van der Waals surface area contributed by atoms with Crippen molar-refractivity contribution in [3.05, 3.63) is 77.7 Å². The molecule has 2 fully saturated rings. The topological polar surface area (TPSA) is 90.0 Å². The van der Waals surface area contributed by atoms with E-state index in [0.717, 1.165) is 40.7 Å². The number of rotatable bonds is 6. The fourth-order valence-electron chi connectivity index (χ4n) is 5.09. The lowest BCUT2D eigenvalue weighted by atomic mass is 9.76. The molecule has 8 heteroatoms. The Morgan fingerprint density at radius 1 is 1.06 bits per heavy atom. The number of hydrogen-bond acceptors (Lipinski definition) is 4. The van der Waals surface area contributed by atoms with Gasteiger partial charge < -0.3 is 0 Å². The first-order valence-electron chi connectivity index (χ1n) is 11.4. The Morgan fingerprint density at radius 3 is 2.48 bits per heavy atom. The molecule has 6 rings (SSSR count). The van der Waals surface area contributed by atoms with Gasteiger partial charge in [0.15, 0.2) is 0 Å². The summed E-state index contributed by atoms with van der Waals surface area (Å²) in [5.74, 6) is 0.313. The predicted octanol–water partition coefficient (Wildman–Crippen LogP) is 4.99. The Morgan fingerprint density at radius 2 is 1.79 bits per heavy atom. The highest BCUT2D eigenvalue weighted by Crippen LogP contribution is 2.49. The van der Waals surface area contributed by atoms with E-state index in [4.69, 9.17) is 5.10 Å². The van der Waals surface area contributed by atoms with Gasteiger partial charge in [0.2, 0.25) is 0 Å². The summed E-state index contributed by atoms with van der Waals surface area (Å²) in [5.41, 5.74) is 4.83. The first-order chi connectivity index (χ1) is 15.9. The quantitative estimate of drug-likeness (QED) is 0.408. The minimum Gasteiger partial charge on any atom is -0.285 e. The highest BCUT2D eigenvalue weighted by Gasteiger charge is 2.43. The summed E-state index contributed by atoms with van der Waals surface area (Å²) >= 11 is 0. The molecule has 1 unspecified atom stereocenters. The van der Waals surface area contributed by atoms with E-state index in [1.165, 1.54) is 0 Å². The van der Waals surface area contributed by atoms with Crippen molar-refractivity contribution in [2.24, 2.45) is 5.92 Å². The predicted molar refractivity (Wildman–Crippen MR) is 126 cm³/mol. The van der Waals surface area contributed by atoms with Crippen LogP contribution in [0.4, 0.5) is 0 Å². The lowest BCUT2D eigenvalue weighted by Gasteiger charge is -2.39. The van der Waals surface area contributed by atoms with Gasteiger partial charge in [0.25, 0.3) is 10.1 Å². The van der Waals surface area contributed by atoms with E-state index in [-0.39, 0.29) is 12.0 Å². The van der Waals surface area contributed by atoms with Crippen LogP contribution in [0.25, 0.3) is 16.6 Å². The molecule has 4 aromatic rings. The third kappa shape index (κ3) is 3.67. The van der Waals surface area contributed by atoms with Crippen molar-refractivity contribution in [1.29, 1.82) is 0 Å². The minimum absolute atomic E-state index is 0.109. The normalized spacial score (nSPS) is 21.8. The zero-order valence-electron chi connectivity index (χ0n) is 18.4. The van der Waals surface area contributed by atoms with Crippen molar-refractivity contribution < 1.29 is 13.0 Å². The maximum absolute atomic E-state index is 12.3. The van der Waals surface area contributed by atoms with Crippen LogP contribution in [0, 0.1) is 12.8 Å². The van der Waals surface area contributed by atoms with Gasteiger partial charge in [0.1, 0.15) is 10.9 Å². The van der Waals surface area contributed by atoms with E-state index >= 15 is 0 Å². The third-order valence-electron chi connectivity index (χ3n) is 7.09. The molecule has 0 spiro atoms. The average Bonchev–Trinajstić information content (AvgIpc) is 3.36. The molecule has 1 atom stereocenters. The molecular weight excluding hydrogens is 436 g/mol. The van der Waals surface area contributed by atoms with E-state index in [0.29, 0.717) is 24.3 Å². The van der Waals surface area contributed by atoms with Crippen molar-refractivity contribution in [3.8, 4) is 5.69 Å². The number of aryl methyl sites for hydroxylation is 1. The molecule has 2 aliphatic carbocycles. The van der Waals surface area contributed by atoms with E-state index in [2.05, 4.69) is 23.4 Å². The molecule has 33 heavy (non-hydrogen) atoms. The molecule has 7 nitrogen and oxygen atoms in total. The van der Waals surface area contributed by atoms with Crippen LogP contribution in [0.15, 0.2) is 60.9 Å². The molecule has 0 amide bonds. The van der Waals surface area contributed by atoms with Gasteiger partial charge in [0, 0.05) is 11.3 Å². The molecule has 2 aromatic carbocycles. The fraction of sp³-hybridized carbons (Fsp3) is 0.360. The van der Waals surface area contributed by atoms with Gasteiger partial charge in [-0.1, -0.05) is 48.0 Å². The smallest absolute Gasteiger partial charge is 0.272 e. The van der Waals surface area contributed by atoms with Gasteiger partial charge in [-0.2, -0.15) is 18.6 Å². The number of hydrogen-bond donors (Lipinski definition) is 1. The monoisotopic (exact) mass is 462 g/mol. The van der Waals surface area contributed by atoms with Gasteiger partial charge >= 0.3 is 0 Å². The zero-order chi connectivity index (χ0) is 22.7. The minimum atomic E-state index is -4.21. The summed E-state index contributed by atoms with van der Waals surface area (Å²) in [6.07, 6.45) is 7.51. The van der Waals surface area contributed by atoms with Crippen LogP contribution in [0.1, 0.15) is 59.7 Å². The first kappa shape index (κ1) is 20.6. The summed E-state index contributed by atoms with van der Waals surface area (Å²) in [5, 5.41) is 9.75. The number of nitrogens with zero attached hydrogens (tertiary/aromatic N) is 4. The van der Waals surface area contributed by atoms with E-state index in [1.54, 1.807) is 12.1 Å². The maximum Gasteiger partial charge on any atom is 0.272 e. The second kappa shape index (κ2) is 7.53. The fourth-order valence-corrected chi connectivity index (χ4v) is 6.30. The summed E-state index contributed by atoms with van der Waals surface area (Å²) in [6.45, 7) is 1.96. The number of para-hydroxylation sites is 1. The second-order valence-electron chi connectivity index (χ2n) is 9.50. The van der Waals surface area contributed by atoms with Crippen LogP contribution < -0.4 is 0 Å². The molecule has 1 N–H and O–H groups in total. The van der Waals surface area contributed by atoms with E-state index in [9.17, 15) is 13.0 Å². The van der Waals surface area contributed by atoms with Crippen molar-refractivity contribution in [3.63, 3.8) is 0 Å². The van der Waals surface area contributed by atoms with Crippen LogP contribution in [0.2, 0.25) is 0 Å². The highest BCUT2D eigenvalue weighted by atomic mass is 32.2. The molecule has 2 heterocycles. The molecule has 2 aliphatic rings. The molecule has 2 saturated carbocycles. The molecule has 170 valence electrons. The van der Waals surface area contributed by atoms with Gasteiger partial charge in [-0.3, -0.25) is 9.23 Å². The second-order valence-corrected chi connectivity index (χ2v) is 11.0. The summed E-state index contributed by atoms with van der Waals surface area (Å²) in [4.78, 5) is 0. The van der Waals surface area contributed by atoms with Crippen LogP contribution in [0.3, 0.4) is 0 Å². The number of aromatic nitrogens is 4.